The Morgan fingerprint density at radius 2 is 1.77 bits per heavy atom. The second-order valence-electron chi connectivity index (χ2n) is 9.78. The van der Waals surface area contributed by atoms with Crippen LogP contribution in [0.5, 0.6) is 0 Å². The highest BCUT2D eigenvalue weighted by Gasteiger charge is 2.20. The van der Waals surface area contributed by atoms with Crippen molar-refractivity contribution in [2.75, 3.05) is 32.1 Å². The van der Waals surface area contributed by atoms with Crippen LogP contribution in [-0.2, 0) is 11.3 Å². The zero-order valence-corrected chi connectivity index (χ0v) is 22.6. The van der Waals surface area contributed by atoms with Crippen molar-refractivity contribution < 1.29 is 9.63 Å². The molecule has 0 bridgehead atoms. The molecule has 1 aliphatic heterocycles. The van der Waals surface area contributed by atoms with Crippen LogP contribution < -0.4 is 16.2 Å². The number of nitrogens with zero attached hydrogens (tertiary/aromatic N) is 4. The van der Waals surface area contributed by atoms with Gasteiger partial charge in [0.15, 0.2) is 5.65 Å². The number of likely N-dealkylation sites (tertiary alicyclic amines) is 1. The Morgan fingerprint density at radius 3 is 2.41 bits per heavy atom. The average molecular weight is 527 g/mol. The van der Waals surface area contributed by atoms with E-state index < -0.39 is 11.3 Å². The van der Waals surface area contributed by atoms with E-state index in [1.807, 2.05) is 36.4 Å². The quantitative estimate of drug-likeness (QED) is 0.324. The van der Waals surface area contributed by atoms with Gasteiger partial charge in [0, 0.05) is 23.8 Å². The summed E-state index contributed by atoms with van der Waals surface area (Å²) in [6.45, 7) is 7.70. The number of carbonyl (C=O) groups excluding carboxylic acids is 1. The van der Waals surface area contributed by atoms with E-state index in [0.29, 0.717) is 17.5 Å². The molecule has 0 saturated carbocycles. The Bertz CT molecular complexity index is 1510. The number of anilines is 2. The Balaban J connectivity index is 1.47. The number of piperidine rings is 1. The maximum atomic E-state index is 13.2. The average Bonchev–Trinajstić information content (AvgIpc) is 2.98. The normalized spacial score (nSPS) is 14.4. The fourth-order valence-corrected chi connectivity index (χ4v) is 5.12. The zero-order chi connectivity index (χ0) is 27.4. The molecule has 2 N–H and O–H groups in total. The molecular formula is C30H34N6O3. The van der Waals surface area contributed by atoms with E-state index >= 15 is 0 Å². The predicted molar refractivity (Wildman–Crippen MR) is 153 cm³/mol. The monoisotopic (exact) mass is 526 g/mol. The number of fused-ring (bicyclic) bond motifs is 1. The van der Waals surface area contributed by atoms with Crippen molar-refractivity contribution in [1.29, 1.82) is 0 Å². The van der Waals surface area contributed by atoms with E-state index in [9.17, 15) is 9.59 Å². The van der Waals surface area contributed by atoms with E-state index in [0.717, 1.165) is 37.4 Å². The molecule has 1 amide bonds. The van der Waals surface area contributed by atoms with Crippen molar-refractivity contribution in [3.63, 3.8) is 0 Å². The van der Waals surface area contributed by atoms with E-state index in [4.69, 9.17) is 9.82 Å². The molecule has 202 valence electrons. The van der Waals surface area contributed by atoms with Crippen LogP contribution in [0.4, 0.5) is 11.6 Å². The first-order valence-electron chi connectivity index (χ1n) is 13.4. The van der Waals surface area contributed by atoms with Crippen LogP contribution in [0.25, 0.3) is 16.7 Å². The Morgan fingerprint density at radius 1 is 1.05 bits per heavy atom. The number of hydroxylamine groups is 1. The molecule has 0 atom stereocenters. The molecule has 1 aliphatic rings. The summed E-state index contributed by atoms with van der Waals surface area (Å²) in [5.74, 6) is 0.307. The number of pyridine rings is 1. The molecule has 3 heterocycles. The fourth-order valence-electron chi connectivity index (χ4n) is 5.12. The van der Waals surface area contributed by atoms with Gasteiger partial charge in [-0.1, -0.05) is 38.1 Å². The summed E-state index contributed by atoms with van der Waals surface area (Å²) in [5, 5.41) is 3.51. The van der Waals surface area contributed by atoms with Crippen molar-refractivity contribution in [2.24, 2.45) is 0 Å². The van der Waals surface area contributed by atoms with Crippen LogP contribution in [0.1, 0.15) is 54.1 Å². The first-order chi connectivity index (χ1) is 19.0. The summed E-state index contributed by atoms with van der Waals surface area (Å²) in [4.78, 5) is 42.1. The van der Waals surface area contributed by atoms with Gasteiger partial charge in [0.1, 0.15) is 5.56 Å². The third-order valence-corrected chi connectivity index (χ3v) is 7.48. The summed E-state index contributed by atoms with van der Waals surface area (Å²) in [5.41, 5.74) is 6.26. The van der Waals surface area contributed by atoms with Crippen LogP contribution >= 0.6 is 0 Å². The van der Waals surface area contributed by atoms with Crippen molar-refractivity contribution in [3.05, 3.63) is 87.8 Å². The summed E-state index contributed by atoms with van der Waals surface area (Å²) in [6.07, 6.45) is 6.21. The van der Waals surface area contributed by atoms with E-state index in [2.05, 4.69) is 46.7 Å². The van der Waals surface area contributed by atoms with Gasteiger partial charge in [-0.3, -0.25) is 14.4 Å². The van der Waals surface area contributed by atoms with Crippen LogP contribution in [0.2, 0.25) is 0 Å². The molecule has 0 aliphatic carbocycles. The number of aromatic nitrogens is 3. The summed E-state index contributed by atoms with van der Waals surface area (Å²) < 4.78 is 1.74. The Labute approximate surface area is 227 Å². The van der Waals surface area contributed by atoms with Gasteiger partial charge in [0.25, 0.3) is 5.91 Å². The van der Waals surface area contributed by atoms with Crippen molar-refractivity contribution in [1.82, 2.24) is 24.9 Å². The summed E-state index contributed by atoms with van der Waals surface area (Å²) in [6, 6.07) is 16.3. The molecular weight excluding hydrogens is 492 g/mol. The van der Waals surface area contributed by atoms with Gasteiger partial charge in [0.05, 0.1) is 12.5 Å². The number of rotatable bonds is 8. The van der Waals surface area contributed by atoms with Crippen molar-refractivity contribution in [2.45, 2.75) is 39.0 Å². The molecule has 5 rings (SSSR count). The Kier molecular flexibility index (Phi) is 7.99. The van der Waals surface area contributed by atoms with Crippen molar-refractivity contribution in [3.8, 4) is 5.69 Å². The molecule has 1 saturated heterocycles. The predicted octanol–water partition coefficient (Wildman–Crippen LogP) is 4.58. The first-order valence-corrected chi connectivity index (χ1v) is 13.4. The smallest absolute Gasteiger partial charge is 0.280 e. The van der Waals surface area contributed by atoms with Gasteiger partial charge >= 0.3 is 0 Å². The van der Waals surface area contributed by atoms with Crippen LogP contribution in [0, 0.1) is 0 Å². The number of hydrogen-bond acceptors (Lipinski definition) is 7. The van der Waals surface area contributed by atoms with Gasteiger partial charge in [-0.05, 0) is 80.2 Å². The maximum Gasteiger partial charge on any atom is 0.280 e. The highest BCUT2D eigenvalue weighted by Crippen LogP contribution is 2.29. The zero-order valence-electron chi connectivity index (χ0n) is 22.6. The highest BCUT2D eigenvalue weighted by atomic mass is 16.6. The molecule has 9 nitrogen and oxygen atoms in total. The molecule has 39 heavy (non-hydrogen) atoms. The molecule has 0 radical (unpaired) electrons. The molecule has 9 heteroatoms. The summed E-state index contributed by atoms with van der Waals surface area (Å²) in [7, 11) is 1.32. The molecule has 1 fully saturated rings. The fraction of sp³-hybridized carbons (Fsp3) is 0.333. The third-order valence-electron chi connectivity index (χ3n) is 7.48. The minimum absolute atomic E-state index is 0.0615. The molecule has 0 spiro atoms. The number of carbonyl (C=O) groups is 1. The van der Waals surface area contributed by atoms with Crippen LogP contribution in [0.15, 0.2) is 65.7 Å². The van der Waals surface area contributed by atoms with Gasteiger partial charge in [-0.15, -0.1) is 0 Å². The number of nitrogens with one attached hydrogen (secondary N) is 2. The minimum atomic E-state index is -0.633. The Hall–Kier alpha value is -4.08. The summed E-state index contributed by atoms with van der Waals surface area (Å²) >= 11 is 0. The molecule has 0 unspecified atom stereocenters. The minimum Gasteiger partial charge on any atom is -0.324 e. The van der Waals surface area contributed by atoms with E-state index in [1.165, 1.54) is 43.5 Å². The largest absolute Gasteiger partial charge is 0.324 e. The second-order valence-corrected chi connectivity index (χ2v) is 9.78. The molecule has 2 aromatic heterocycles. The molecule has 4 aromatic rings. The van der Waals surface area contributed by atoms with Crippen LogP contribution in [-0.4, -0.2) is 52.1 Å². The van der Waals surface area contributed by atoms with Crippen LogP contribution in [0.3, 0.4) is 0 Å². The first kappa shape index (κ1) is 26.5. The number of hydrogen-bond donors (Lipinski definition) is 2. The topological polar surface area (TPSA) is 101 Å². The third kappa shape index (κ3) is 5.69. The SMILES string of the molecule is CCc1ccc(-n2cc(C(=O)NOC)c(=O)c3cnc(Nc4ccc(C5CCN(CC)CC5)cc4)nc32)cc1. The van der Waals surface area contributed by atoms with E-state index in [-0.39, 0.29) is 10.9 Å². The number of aryl methyl sites for hydroxylation is 1. The van der Waals surface area contributed by atoms with Gasteiger partial charge < -0.3 is 14.8 Å². The lowest BCUT2D eigenvalue weighted by atomic mass is 9.89. The van der Waals surface area contributed by atoms with Gasteiger partial charge in [0.2, 0.25) is 11.4 Å². The number of amides is 1. The van der Waals surface area contributed by atoms with Crippen molar-refractivity contribution >= 4 is 28.6 Å². The molecule has 2 aromatic carbocycles. The number of benzene rings is 2. The van der Waals surface area contributed by atoms with Gasteiger partial charge in [-0.25, -0.2) is 10.5 Å². The maximum absolute atomic E-state index is 13.2. The lowest BCUT2D eigenvalue weighted by Crippen LogP contribution is -2.32. The van der Waals surface area contributed by atoms with Gasteiger partial charge in [-0.2, -0.15) is 4.98 Å². The highest BCUT2D eigenvalue weighted by molar-refractivity contribution is 5.96. The second kappa shape index (κ2) is 11.8. The van der Waals surface area contributed by atoms with E-state index in [1.54, 1.807) is 4.57 Å². The standard InChI is InChI=1S/C30H34N6O3/c1-4-20-6-12-24(13-7-20)36-19-26(29(38)34-39-3)27(37)25-18-31-30(33-28(25)36)32-23-10-8-21(9-11-23)22-14-16-35(5-2)17-15-22/h6-13,18-19,22H,4-5,14-17H2,1-3H3,(H,34,38)(H,31,32,33). The lowest BCUT2D eigenvalue weighted by Gasteiger charge is -2.31. The lowest BCUT2D eigenvalue weighted by molar-refractivity contribution is 0.0536.